The van der Waals surface area contributed by atoms with Gasteiger partial charge < -0.3 is 0 Å². The van der Waals surface area contributed by atoms with Crippen molar-refractivity contribution in [1.29, 1.82) is 0 Å². The number of aromatic nitrogens is 3. The van der Waals surface area contributed by atoms with E-state index in [2.05, 4.69) is 10.1 Å². The highest BCUT2D eigenvalue weighted by atomic mass is 35.5. The molecule has 0 amide bonds. The van der Waals surface area contributed by atoms with E-state index in [0.29, 0.717) is 5.02 Å². The van der Waals surface area contributed by atoms with E-state index in [1.54, 1.807) is 17.9 Å². The Morgan fingerprint density at radius 3 is 1.96 bits per heavy atom. The fourth-order valence-electron chi connectivity index (χ4n) is 3.61. The summed E-state index contributed by atoms with van der Waals surface area (Å²) in [6.45, 7) is 1.59. The smallest absolute Gasteiger partial charge is 0.172 e. The first-order chi connectivity index (χ1) is 13.6. The molecule has 0 saturated carbocycles. The topological polar surface area (TPSA) is 47.8 Å². The SMILES string of the molecule is CC(=O)C(c1ccccc1)(c1ccc(-c2ccc(Cl)cc2)cc1)n1cncn1. The van der Waals surface area contributed by atoms with Gasteiger partial charge in [-0.1, -0.05) is 78.3 Å². The highest BCUT2D eigenvalue weighted by Crippen LogP contribution is 2.35. The van der Waals surface area contributed by atoms with Crippen molar-refractivity contribution in [2.24, 2.45) is 0 Å². The summed E-state index contributed by atoms with van der Waals surface area (Å²) < 4.78 is 1.63. The van der Waals surface area contributed by atoms with Crippen LogP contribution in [0.15, 0.2) is 91.5 Å². The lowest BCUT2D eigenvalue weighted by molar-refractivity contribution is -0.122. The first-order valence-corrected chi connectivity index (χ1v) is 9.28. The number of benzene rings is 3. The number of hydrogen-bond donors (Lipinski definition) is 0. The monoisotopic (exact) mass is 387 g/mol. The molecule has 0 N–H and O–H groups in total. The summed E-state index contributed by atoms with van der Waals surface area (Å²) in [4.78, 5) is 17.1. The van der Waals surface area contributed by atoms with Crippen molar-refractivity contribution >= 4 is 17.4 Å². The fraction of sp³-hybridized carbons (Fsp3) is 0.0870. The number of Topliss-reactive ketones (excluding diaryl/α,β-unsaturated/α-hetero) is 1. The molecular weight excluding hydrogens is 370 g/mol. The summed E-state index contributed by atoms with van der Waals surface area (Å²) in [5.74, 6) is -0.0385. The molecule has 0 aliphatic heterocycles. The maximum atomic E-state index is 13.1. The van der Waals surface area contributed by atoms with E-state index in [4.69, 9.17) is 11.6 Å². The summed E-state index contributed by atoms with van der Waals surface area (Å²) in [7, 11) is 0. The molecule has 0 bridgehead atoms. The molecule has 4 rings (SSSR count). The average Bonchev–Trinajstić information content (AvgIpc) is 3.25. The van der Waals surface area contributed by atoms with Crippen LogP contribution in [0.4, 0.5) is 0 Å². The number of halogens is 1. The van der Waals surface area contributed by atoms with Crippen LogP contribution in [-0.4, -0.2) is 20.5 Å². The quantitative estimate of drug-likeness (QED) is 0.485. The van der Waals surface area contributed by atoms with E-state index in [-0.39, 0.29) is 5.78 Å². The van der Waals surface area contributed by atoms with Gasteiger partial charge >= 0.3 is 0 Å². The molecule has 3 aromatic carbocycles. The Hall–Kier alpha value is -3.24. The third-order valence-electron chi connectivity index (χ3n) is 4.94. The summed E-state index contributed by atoms with van der Waals surface area (Å²) >= 11 is 5.99. The maximum absolute atomic E-state index is 13.1. The van der Waals surface area contributed by atoms with Crippen LogP contribution in [0.25, 0.3) is 11.1 Å². The molecule has 0 spiro atoms. The van der Waals surface area contributed by atoms with Crippen molar-refractivity contribution in [2.75, 3.05) is 0 Å². The Balaban J connectivity index is 1.88. The summed E-state index contributed by atoms with van der Waals surface area (Å²) in [5, 5.41) is 5.02. The van der Waals surface area contributed by atoms with Crippen molar-refractivity contribution in [3.63, 3.8) is 0 Å². The van der Waals surface area contributed by atoms with Crippen molar-refractivity contribution < 1.29 is 4.79 Å². The van der Waals surface area contributed by atoms with Crippen LogP contribution in [0.3, 0.4) is 0 Å². The highest BCUT2D eigenvalue weighted by Gasteiger charge is 2.42. The van der Waals surface area contributed by atoms with Crippen molar-refractivity contribution in [2.45, 2.75) is 12.5 Å². The molecule has 4 aromatic rings. The molecule has 1 atom stereocenters. The number of ketones is 1. The van der Waals surface area contributed by atoms with E-state index in [9.17, 15) is 4.79 Å². The Morgan fingerprint density at radius 2 is 1.43 bits per heavy atom. The minimum Gasteiger partial charge on any atom is -0.296 e. The van der Waals surface area contributed by atoms with Gasteiger partial charge in [-0.25, -0.2) is 9.67 Å². The summed E-state index contributed by atoms with van der Waals surface area (Å²) in [6.07, 6.45) is 3.03. The van der Waals surface area contributed by atoms with E-state index in [0.717, 1.165) is 22.3 Å². The largest absolute Gasteiger partial charge is 0.296 e. The first kappa shape index (κ1) is 18.1. The normalized spacial score (nSPS) is 13.1. The molecule has 0 aliphatic rings. The fourth-order valence-corrected chi connectivity index (χ4v) is 3.73. The summed E-state index contributed by atoms with van der Waals surface area (Å²) in [6, 6.07) is 25.3. The van der Waals surface area contributed by atoms with Gasteiger partial charge in [0, 0.05) is 5.02 Å². The van der Waals surface area contributed by atoms with Crippen LogP contribution in [0.1, 0.15) is 18.1 Å². The van der Waals surface area contributed by atoms with Gasteiger partial charge in [0.1, 0.15) is 12.7 Å². The standard InChI is InChI=1S/C23H18ClN3O/c1-17(28)23(27-16-25-15-26-27,20-5-3-2-4-6-20)21-11-7-18(8-12-21)19-9-13-22(24)14-10-19/h2-16H,1H3. The van der Waals surface area contributed by atoms with Crippen molar-refractivity contribution in [3.8, 4) is 11.1 Å². The lowest BCUT2D eigenvalue weighted by atomic mass is 9.79. The van der Waals surface area contributed by atoms with Crippen LogP contribution in [0.2, 0.25) is 5.02 Å². The highest BCUT2D eigenvalue weighted by molar-refractivity contribution is 6.30. The predicted molar refractivity (Wildman–Crippen MR) is 110 cm³/mol. The molecule has 138 valence electrons. The molecule has 0 aliphatic carbocycles. The van der Waals surface area contributed by atoms with Gasteiger partial charge in [0.2, 0.25) is 0 Å². The second-order valence-corrected chi connectivity index (χ2v) is 6.99. The van der Waals surface area contributed by atoms with Gasteiger partial charge in [-0.15, -0.1) is 0 Å². The zero-order chi connectivity index (χ0) is 19.6. The maximum Gasteiger partial charge on any atom is 0.172 e. The Morgan fingerprint density at radius 1 is 0.857 bits per heavy atom. The number of rotatable bonds is 5. The van der Waals surface area contributed by atoms with Gasteiger partial charge in [-0.2, -0.15) is 5.10 Å². The van der Waals surface area contributed by atoms with Crippen LogP contribution in [0, 0.1) is 0 Å². The second kappa shape index (κ2) is 7.41. The lowest BCUT2D eigenvalue weighted by Crippen LogP contribution is -2.43. The van der Waals surface area contributed by atoms with Crippen LogP contribution < -0.4 is 0 Å². The van der Waals surface area contributed by atoms with Crippen LogP contribution >= 0.6 is 11.6 Å². The zero-order valence-electron chi connectivity index (χ0n) is 15.3. The Bertz CT molecular complexity index is 1080. The minimum absolute atomic E-state index is 0.0385. The molecule has 0 radical (unpaired) electrons. The Labute approximate surface area is 168 Å². The number of carbonyl (C=O) groups is 1. The lowest BCUT2D eigenvalue weighted by Gasteiger charge is -2.32. The molecule has 28 heavy (non-hydrogen) atoms. The van der Waals surface area contributed by atoms with Crippen molar-refractivity contribution in [1.82, 2.24) is 14.8 Å². The van der Waals surface area contributed by atoms with Crippen LogP contribution in [0.5, 0.6) is 0 Å². The number of nitrogens with zero attached hydrogens (tertiary/aromatic N) is 3. The van der Waals surface area contributed by atoms with Crippen molar-refractivity contribution in [3.05, 3.63) is 108 Å². The second-order valence-electron chi connectivity index (χ2n) is 6.56. The average molecular weight is 388 g/mol. The number of hydrogen-bond acceptors (Lipinski definition) is 3. The third kappa shape index (κ3) is 3.02. The molecule has 5 heteroatoms. The van der Waals surface area contributed by atoms with E-state index >= 15 is 0 Å². The predicted octanol–water partition coefficient (Wildman–Crippen LogP) is 4.98. The van der Waals surface area contributed by atoms with Gasteiger partial charge in [0.25, 0.3) is 0 Å². The molecular formula is C23H18ClN3O. The molecule has 1 aromatic heterocycles. The molecule has 0 fully saturated rings. The Kier molecular flexibility index (Phi) is 4.80. The minimum atomic E-state index is -1.07. The van der Waals surface area contributed by atoms with Gasteiger partial charge in [0.15, 0.2) is 11.3 Å². The number of carbonyl (C=O) groups excluding carboxylic acids is 1. The van der Waals surface area contributed by atoms with E-state index in [1.165, 1.54) is 6.33 Å². The van der Waals surface area contributed by atoms with Gasteiger partial charge in [0.05, 0.1) is 0 Å². The van der Waals surface area contributed by atoms with Gasteiger partial charge in [-0.05, 0) is 41.3 Å². The third-order valence-corrected chi connectivity index (χ3v) is 5.20. The van der Waals surface area contributed by atoms with E-state index < -0.39 is 5.54 Å². The van der Waals surface area contributed by atoms with E-state index in [1.807, 2.05) is 78.9 Å². The molecule has 1 unspecified atom stereocenters. The first-order valence-electron chi connectivity index (χ1n) is 8.90. The summed E-state index contributed by atoms with van der Waals surface area (Å²) in [5.41, 5.74) is 2.70. The molecule has 4 nitrogen and oxygen atoms in total. The van der Waals surface area contributed by atoms with Crippen LogP contribution in [-0.2, 0) is 10.3 Å². The molecule has 0 saturated heterocycles. The van der Waals surface area contributed by atoms with Gasteiger partial charge in [-0.3, -0.25) is 4.79 Å². The molecule has 1 heterocycles. The zero-order valence-corrected chi connectivity index (χ0v) is 16.0.